The highest BCUT2D eigenvalue weighted by atomic mass is 32.2. The van der Waals surface area contributed by atoms with Crippen LogP contribution in [0.4, 0.5) is 0 Å². The van der Waals surface area contributed by atoms with Crippen LogP contribution >= 0.6 is 0 Å². The number of sulfonamides is 1. The zero-order valence-electron chi connectivity index (χ0n) is 13.3. The van der Waals surface area contributed by atoms with Gasteiger partial charge < -0.3 is 4.74 Å². The van der Waals surface area contributed by atoms with Gasteiger partial charge >= 0.3 is 0 Å². The zero-order chi connectivity index (χ0) is 15.8. The van der Waals surface area contributed by atoms with Crippen LogP contribution in [0.1, 0.15) is 51.2 Å². The Balaban J connectivity index is 2.40. The molecule has 1 saturated carbocycles. The summed E-state index contributed by atoms with van der Waals surface area (Å²) in [6, 6.07) is 3.47. The lowest BCUT2D eigenvalue weighted by Gasteiger charge is -2.28. The molecular weight excluding hydrogens is 286 g/mol. The molecule has 0 atom stereocenters. The Hall–Kier alpha value is -1.07. The molecule has 2 rings (SSSR count). The van der Waals surface area contributed by atoms with E-state index in [1.165, 1.54) is 19.3 Å². The second-order valence-electron chi connectivity index (χ2n) is 7.02. The van der Waals surface area contributed by atoms with Crippen molar-refractivity contribution in [1.29, 1.82) is 0 Å². The number of rotatable bonds is 4. The average molecular weight is 311 g/mol. The van der Waals surface area contributed by atoms with Gasteiger partial charge in [0.15, 0.2) is 0 Å². The van der Waals surface area contributed by atoms with Gasteiger partial charge in [-0.2, -0.15) is 0 Å². The van der Waals surface area contributed by atoms with Gasteiger partial charge in [-0.05, 0) is 48.8 Å². The molecule has 1 aliphatic carbocycles. The third kappa shape index (κ3) is 3.77. The van der Waals surface area contributed by atoms with Gasteiger partial charge in [0.2, 0.25) is 10.0 Å². The highest BCUT2D eigenvalue weighted by molar-refractivity contribution is 7.89. The van der Waals surface area contributed by atoms with Crippen molar-refractivity contribution in [2.24, 2.45) is 11.1 Å². The van der Waals surface area contributed by atoms with Crippen LogP contribution in [0.3, 0.4) is 0 Å². The molecule has 0 spiro atoms. The molecule has 0 radical (unpaired) electrons. The largest absolute Gasteiger partial charge is 0.493 e. The maximum atomic E-state index is 11.7. The third-order valence-corrected chi connectivity index (χ3v) is 5.14. The van der Waals surface area contributed by atoms with Crippen LogP contribution < -0.4 is 9.88 Å². The molecule has 21 heavy (non-hydrogen) atoms. The molecule has 5 heteroatoms. The number of ether oxygens (including phenoxy) is 1. The summed E-state index contributed by atoms with van der Waals surface area (Å²) in [6.07, 6.45) is 3.72. The van der Waals surface area contributed by atoms with Gasteiger partial charge in [-0.3, -0.25) is 0 Å². The van der Waals surface area contributed by atoms with Crippen molar-refractivity contribution in [1.82, 2.24) is 0 Å². The van der Waals surface area contributed by atoms with Crippen LogP contribution in [0.15, 0.2) is 17.0 Å². The topological polar surface area (TPSA) is 69.4 Å². The smallest absolute Gasteiger partial charge is 0.238 e. The van der Waals surface area contributed by atoms with E-state index in [1.807, 2.05) is 20.8 Å². The minimum absolute atomic E-state index is 0.184. The summed E-state index contributed by atoms with van der Waals surface area (Å²) in [4.78, 5) is 0.184. The van der Waals surface area contributed by atoms with Gasteiger partial charge in [0, 0.05) is 5.56 Å². The lowest BCUT2D eigenvalue weighted by molar-refractivity contribution is 0.178. The number of primary sulfonamides is 1. The molecule has 0 unspecified atom stereocenters. The van der Waals surface area contributed by atoms with Gasteiger partial charge in [-0.25, -0.2) is 13.6 Å². The Bertz CT molecular complexity index is 626. The zero-order valence-corrected chi connectivity index (χ0v) is 14.1. The maximum Gasteiger partial charge on any atom is 0.238 e. The molecule has 4 nitrogen and oxygen atoms in total. The fourth-order valence-corrected chi connectivity index (χ4v) is 3.33. The fourth-order valence-electron chi connectivity index (χ4n) is 2.54. The SMILES string of the molecule is Cc1cc(OCC2CCC2)c(C(C)(C)C)cc1S(N)(=O)=O. The standard InChI is InChI=1S/C16H25NO3S/c1-11-8-14(20-10-12-6-5-7-12)13(16(2,3)4)9-15(11)21(17,18)19/h8-9,12H,5-7,10H2,1-4H3,(H2,17,18,19). The normalized spacial score (nSPS) is 16.6. The molecule has 1 aliphatic rings. The fraction of sp³-hybridized carbons (Fsp3) is 0.625. The molecule has 0 saturated heterocycles. The predicted octanol–water partition coefficient (Wildman–Crippen LogP) is 3.12. The van der Waals surface area contributed by atoms with Crippen molar-refractivity contribution < 1.29 is 13.2 Å². The molecule has 0 bridgehead atoms. The third-order valence-electron chi connectivity index (χ3n) is 4.09. The molecular formula is C16H25NO3S. The second kappa shape index (κ2) is 5.61. The summed E-state index contributed by atoms with van der Waals surface area (Å²) >= 11 is 0. The first-order chi connectivity index (χ1) is 9.59. The Morgan fingerprint density at radius 1 is 1.29 bits per heavy atom. The van der Waals surface area contributed by atoms with Crippen LogP contribution in [0, 0.1) is 12.8 Å². The monoisotopic (exact) mass is 311 g/mol. The summed E-state index contributed by atoms with van der Waals surface area (Å²) < 4.78 is 29.4. The van der Waals surface area contributed by atoms with Gasteiger partial charge in [0.05, 0.1) is 11.5 Å². The lowest BCUT2D eigenvalue weighted by atomic mass is 9.85. The molecule has 118 valence electrons. The number of nitrogens with two attached hydrogens (primary N) is 1. The van der Waals surface area contributed by atoms with Crippen molar-refractivity contribution in [3.05, 3.63) is 23.3 Å². The molecule has 1 aromatic rings. The molecule has 2 N–H and O–H groups in total. The Kier molecular flexibility index (Phi) is 4.36. The van der Waals surface area contributed by atoms with Crippen molar-refractivity contribution in [2.45, 2.75) is 57.3 Å². The van der Waals surface area contributed by atoms with E-state index in [9.17, 15) is 8.42 Å². The first-order valence-corrected chi connectivity index (χ1v) is 8.94. The van der Waals surface area contributed by atoms with E-state index in [-0.39, 0.29) is 10.3 Å². The quantitative estimate of drug-likeness (QED) is 0.929. The van der Waals surface area contributed by atoms with Crippen LogP contribution in [0.5, 0.6) is 5.75 Å². The molecule has 0 amide bonds. The van der Waals surface area contributed by atoms with Crippen molar-refractivity contribution in [3.8, 4) is 5.75 Å². The Morgan fingerprint density at radius 3 is 2.33 bits per heavy atom. The van der Waals surface area contributed by atoms with E-state index in [0.717, 1.165) is 11.3 Å². The highest BCUT2D eigenvalue weighted by Crippen LogP contribution is 2.36. The predicted molar refractivity (Wildman–Crippen MR) is 84.1 cm³/mol. The van der Waals surface area contributed by atoms with Crippen LogP contribution in [-0.4, -0.2) is 15.0 Å². The minimum atomic E-state index is -3.71. The molecule has 1 fully saturated rings. The van der Waals surface area contributed by atoms with E-state index in [2.05, 4.69) is 0 Å². The summed E-state index contributed by atoms with van der Waals surface area (Å²) in [7, 11) is -3.71. The Morgan fingerprint density at radius 2 is 1.90 bits per heavy atom. The van der Waals surface area contributed by atoms with Gasteiger partial charge in [0.1, 0.15) is 5.75 Å². The van der Waals surface area contributed by atoms with Crippen LogP contribution in [-0.2, 0) is 15.4 Å². The average Bonchev–Trinajstić information content (AvgIpc) is 2.23. The number of hydrogen-bond donors (Lipinski definition) is 1. The van der Waals surface area contributed by atoms with Crippen LogP contribution in [0.25, 0.3) is 0 Å². The van der Waals surface area contributed by atoms with Gasteiger partial charge in [-0.1, -0.05) is 27.2 Å². The summed E-state index contributed by atoms with van der Waals surface area (Å²) in [5.74, 6) is 1.41. The van der Waals surface area contributed by atoms with Gasteiger partial charge in [0.25, 0.3) is 0 Å². The lowest BCUT2D eigenvalue weighted by Crippen LogP contribution is -2.22. The summed E-state index contributed by atoms with van der Waals surface area (Å²) in [6.45, 7) is 8.59. The van der Waals surface area contributed by atoms with E-state index in [4.69, 9.17) is 9.88 Å². The van der Waals surface area contributed by atoms with E-state index >= 15 is 0 Å². The summed E-state index contributed by atoms with van der Waals surface area (Å²) in [5.41, 5.74) is 1.31. The maximum absolute atomic E-state index is 11.7. The van der Waals surface area contributed by atoms with E-state index < -0.39 is 10.0 Å². The van der Waals surface area contributed by atoms with Crippen molar-refractivity contribution in [2.75, 3.05) is 6.61 Å². The van der Waals surface area contributed by atoms with Crippen molar-refractivity contribution in [3.63, 3.8) is 0 Å². The first kappa shape index (κ1) is 16.3. The van der Waals surface area contributed by atoms with Crippen molar-refractivity contribution >= 4 is 10.0 Å². The molecule has 0 heterocycles. The second-order valence-corrected chi connectivity index (χ2v) is 8.55. The molecule has 0 aliphatic heterocycles. The molecule has 1 aromatic carbocycles. The number of benzene rings is 1. The van der Waals surface area contributed by atoms with Crippen LogP contribution in [0.2, 0.25) is 0 Å². The molecule has 0 aromatic heterocycles. The Labute approximate surface area is 127 Å². The van der Waals surface area contributed by atoms with Gasteiger partial charge in [-0.15, -0.1) is 0 Å². The van der Waals surface area contributed by atoms with E-state index in [0.29, 0.717) is 18.1 Å². The van der Waals surface area contributed by atoms with E-state index in [1.54, 1.807) is 19.1 Å². The number of hydrogen-bond acceptors (Lipinski definition) is 3. The first-order valence-electron chi connectivity index (χ1n) is 7.40. The highest BCUT2D eigenvalue weighted by Gasteiger charge is 2.25. The number of aryl methyl sites for hydroxylation is 1. The minimum Gasteiger partial charge on any atom is -0.493 e. The summed E-state index contributed by atoms with van der Waals surface area (Å²) in [5, 5.41) is 5.30.